The van der Waals surface area contributed by atoms with E-state index in [0.29, 0.717) is 6.54 Å². The van der Waals surface area contributed by atoms with Crippen molar-refractivity contribution in [2.24, 2.45) is 12.8 Å². The molecule has 104 valence electrons. The lowest BCUT2D eigenvalue weighted by Crippen LogP contribution is -2.06. The molecule has 3 N–H and O–H groups in total. The maximum atomic E-state index is 5.79. The fraction of sp³-hybridized carbons (Fsp3) is 0.312. The van der Waals surface area contributed by atoms with Crippen LogP contribution in [0.4, 0.5) is 0 Å². The number of imidazole rings is 1. The molecular weight excluding hydrogens is 248 g/mol. The summed E-state index contributed by atoms with van der Waals surface area (Å²) in [5.74, 6) is 1.03. The Hall–Kier alpha value is -2.07. The van der Waals surface area contributed by atoms with E-state index in [-0.39, 0.29) is 0 Å². The summed E-state index contributed by atoms with van der Waals surface area (Å²) in [7, 11) is 2.06. The van der Waals surface area contributed by atoms with Gasteiger partial charge in [-0.3, -0.25) is 0 Å². The van der Waals surface area contributed by atoms with Crippen LogP contribution in [-0.2, 0) is 26.4 Å². The first-order valence-corrected chi connectivity index (χ1v) is 6.97. The molecule has 3 aromatic rings. The molecule has 0 fully saturated rings. The fourth-order valence-corrected chi connectivity index (χ4v) is 2.79. The maximum absolute atomic E-state index is 5.79. The average molecular weight is 268 g/mol. The second kappa shape index (κ2) is 5.13. The van der Waals surface area contributed by atoms with Gasteiger partial charge >= 0.3 is 0 Å². The summed E-state index contributed by atoms with van der Waals surface area (Å²) in [5.41, 5.74) is 10.6. The van der Waals surface area contributed by atoms with Gasteiger partial charge in [-0.25, -0.2) is 4.98 Å². The Balaban J connectivity index is 1.86. The molecule has 2 aromatic heterocycles. The van der Waals surface area contributed by atoms with Crippen molar-refractivity contribution in [3.63, 3.8) is 0 Å². The Morgan fingerprint density at radius 1 is 1.25 bits per heavy atom. The van der Waals surface area contributed by atoms with Crippen molar-refractivity contribution in [3.8, 4) is 0 Å². The second-order valence-corrected chi connectivity index (χ2v) is 5.18. The zero-order chi connectivity index (χ0) is 14.1. The van der Waals surface area contributed by atoms with Crippen LogP contribution in [0.5, 0.6) is 0 Å². The molecule has 4 heteroatoms. The fourth-order valence-electron chi connectivity index (χ4n) is 2.79. The molecule has 0 saturated heterocycles. The largest absolute Gasteiger partial charge is 0.361 e. The quantitative estimate of drug-likeness (QED) is 0.763. The third kappa shape index (κ3) is 2.12. The molecule has 0 unspecified atom stereocenters. The monoisotopic (exact) mass is 268 g/mol. The predicted molar refractivity (Wildman–Crippen MR) is 81.5 cm³/mol. The van der Waals surface area contributed by atoms with Gasteiger partial charge in [-0.05, 0) is 31.4 Å². The number of aromatic amines is 1. The van der Waals surface area contributed by atoms with E-state index in [1.165, 1.54) is 22.2 Å². The number of benzene rings is 1. The molecule has 0 spiro atoms. The highest BCUT2D eigenvalue weighted by molar-refractivity contribution is 5.83. The van der Waals surface area contributed by atoms with Crippen molar-refractivity contribution in [1.82, 2.24) is 14.5 Å². The van der Waals surface area contributed by atoms with Gasteiger partial charge in [0, 0.05) is 36.4 Å². The summed E-state index contributed by atoms with van der Waals surface area (Å²) in [6, 6.07) is 8.41. The number of rotatable bonds is 4. The number of aromatic nitrogens is 3. The molecule has 0 radical (unpaired) electrons. The van der Waals surface area contributed by atoms with E-state index in [1.54, 1.807) is 0 Å². The van der Waals surface area contributed by atoms with E-state index >= 15 is 0 Å². The number of nitrogens with two attached hydrogens (primary N) is 1. The third-order valence-corrected chi connectivity index (χ3v) is 4.02. The second-order valence-electron chi connectivity index (χ2n) is 5.18. The number of hydrogen-bond donors (Lipinski definition) is 2. The van der Waals surface area contributed by atoms with Crippen LogP contribution in [0.1, 0.15) is 22.8 Å². The summed E-state index contributed by atoms with van der Waals surface area (Å²) in [6.07, 6.45) is 4.07. The molecule has 4 nitrogen and oxygen atoms in total. The Morgan fingerprint density at radius 2 is 2.05 bits per heavy atom. The molecule has 2 heterocycles. The van der Waals surface area contributed by atoms with Crippen LogP contribution in [0.2, 0.25) is 0 Å². The van der Waals surface area contributed by atoms with Gasteiger partial charge in [0.05, 0.1) is 5.69 Å². The molecule has 0 atom stereocenters. The van der Waals surface area contributed by atoms with Crippen molar-refractivity contribution in [1.29, 1.82) is 0 Å². The number of hydrogen-bond acceptors (Lipinski definition) is 2. The molecule has 0 amide bonds. The summed E-state index contributed by atoms with van der Waals surface area (Å²) < 4.78 is 2.15. The highest BCUT2D eigenvalue weighted by Crippen LogP contribution is 2.20. The van der Waals surface area contributed by atoms with Crippen LogP contribution in [0.15, 0.2) is 30.5 Å². The van der Waals surface area contributed by atoms with Crippen LogP contribution in [0.3, 0.4) is 0 Å². The van der Waals surface area contributed by atoms with E-state index in [1.807, 2.05) is 6.92 Å². The molecule has 1 aromatic carbocycles. The first kappa shape index (κ1) is 12.9. The third-order valence-electron chi connectivity index (χ3n) is 4.02. The average Bonchev–Trinajstić information content (AvgIpc) is 3.00. The normalized spacial score (nSPS) is 11.3. The standard InChI is InChI=1S/C16H20N4/c1-11-19-15(9-17)16(20(11)2)8-7-12-10-18-14-6-4-3-5-13(12)14/h3-6,10,18H,7-9,17H2,1-2H3. The zero-order valence-electron chi connectivity index (χ0n) is 12.0. The van der Waals surface area contributed by atoms with E-state index in [2.05, 4.69) is 52.0 Å². The van der Waals surface area contributed by atoms with Crippen molar-refractivity contribution >= 4 is 10.9 Å². The Kier molecular flexibility index (Phi) is 3.32. The maximum Gasteiger partial charge on any atom is 0.105 e. The van der Waals surface area contributed by atoms with Gasteiger partial charge in [0.2, 0.25) is 0 Å². The SMILES string of the molecule is Cc1nc(CN)c(CCc2c[nH]c3ccccc23)n1C. The van der Waals surface area contributed by atoms with Crippen LogP contribution in [0.25, 0.3) is 10.9 Å². The summed E-state index contributed by atoms with van der Waals surface area (Å²) >= 11 is 0. The van der Waals surface area contributed by atoms with Gasteiger partial charge in [0.15, 0.2) is 0 Å². The number of nitrogens with zero attached hydrogens (tertiary/aromatic N) is 2. The smallest absolute Gasteiger partial charge is 0.105 e. The van der Waals surface area contributed by atoms with Gasteiger partial charge in [-0.2, -0.15) is 0 Å². The van der Waals surface area contributed by atoms with E-state index in [4.69, 9.17) is 5.73 Å². The highest BCUT2D eigenvalue weighted by atomic mass is 15.1. The number of nitrogens with one attached hydrogen (secondary N) is 1. The minimum absolute atomic E-state index is 0.505. The Labute approximate surface area is 118 Å². The Bertz CT molecular complexity index is 736. The lowest BCUT2D eigenvalue weighted by atomic mass is 10.1. The van der Waals surface area contributed by atoms with Crippen LogP contribution in [-0.4, -0.2) is 14.5 Å². The van der Waals surface area contributed by atoms with Crippen molar-refractivity contribution in [3.05, 3.63) is 53.2 Å². The first-order chi connectivity index (χ1) is 9.70. The minimum Gasteiger partial charge on any atom is -0.361 e. The lowest BCUT2D eigenvalue weighted by Gasteiger charge is -2.05. The lowest BCUT2D eigenvalue weighted by molar-refractivity contribution is 0.766. The summed E-state index contributed by atoms with van der Waals surface area (Å²) in [6.45, 7) is 2.53. The molecule has 0 saturated carbocycles. The Morgan fingerprint density at radius 3 is 2.85 bits per heavy atom. The van der Waals surface area contributed by atoms with Gasteiger partial charge < -0.3 is 15.3 Å². The van der Waals surface area contributed by atoms with Crippen LogP contribution < -0.4 is 5.73 Å². The van der Waals surface area contributed by atoms with Gasteiger partial charge in [-0.15, -0.1) is 0 Å². The van der Waals surface area contributed by atoms with Crippen LogP contribution in [0, 0.1) is 6.92 Å². The van der Waals surface area contributed by atoms with Gasteiger partial charge in [0.25, 0.3) is 0 Å². The predicted octanol–water partition coefficient (Wildman–Crippen LogP) is 2.45. The molecule has 20 heavy (non-hydrogen) atoms. The number of fused-ring (bicyclic) bond motifs is 1. The van der Waals surface area contributed by atoms with Crippen molar-refractivity contribution < 1.29 is 0 Å². The summed E-state index contributed by atoms with van der Waals surface area (Å²) in [5, 5.41) is 1.31. The topological polar surface area (TPSA) is 59.6 Å². The first-order valence-electron chi connectivity index (χ1n) is 6.97. The summed E-state index contributed by atoms with van der Waals surface area (Å²) in [4.78, 5) is 7.85. The van der Waals surface area contributed by atoms with Gasteiger partial charge in [0.1, 0.15) is 5.82 Å². The molecule has 0 bridgehead atoms. The number of aryl methyl sites for hydroxylation is 2. The van der Waals surface area contributed by atoms with E-state index in [0.717, 1.165) is 24.4 Å². The molecule has 0 aliphatic rings. The number of H-pyrrole nitrogens is 1. The highest BCUT2D eigenvalue weighted by Gasteiger charge is 2.12. The van der Waals surface area contributed by atoms with Crippen molar-refractivity contribution in [2.75, 3.05) is 0 Å². The van der Waals surface area contributed by atoms with Gasteiger partial charge in [-0.1, -0.05) is 18.2 Å². The molecule has 0 aliphatic carbocycles. The van der Waals surface area contributed by atoms with E-state index < -0.39 is 0 Å². The van der Waals surface area contributed by atoms with Crippen molar-refractivity contribution in [2.45, 2.75) is 26.3 Å². The minimum atomic E-state index is 0.505. The molecule has 0 aliphatic heterocycles. The van der Waals surface area contributed by atoms with E-state index in [9.17, 15) is 0 Å². The zero-order valence-corrected chi connectivity index (χ0v) is 12.0. The number of para-hydroxylation sites is 1. The van der Waals surface area contributed by atoms with Crippen LogP contribution >= 0.6 is 0 Å². The molecular formula is C16H20N4. The molecule has 3 rings (SSSR count).